The van der Waals surface area contributed by atoms with E-state index in [-0.39, 0.29) is 28.0 Å². The smallest absolute Gasteiger partial charge is 0.406 e. The third-order valence-corrected chi connectivity index (χ3v) is 7.93. The van der Waals surface area contributed by atoms with Crippen molar-refractivity contribution in [2.75, 3.05) is 11.5 Å². The number of hydrogen-bond donors (Lipinski definition) is 2. The van der Waals surface area contributed by atoms with Crippen LogP contribution in [0, 0.1) is 5.82 Å². The van der Waals surface area contributed by atoms with Crippen molar-refractivity contribution in [1.29, 1.82) is 0 Å². The van der Waals surface area contributed by atoms with Crippen LogP contribution in [-0.4, -0.2) is 49.2 Å². The van der Waals surface area contributed by atoms with E-state index in [1.165, 1.54) is 36.6 Å². The lowest BCUT2D eigenvalue weighted by Crippen LogP contribution is -2.48. The molecule has 1 fully saturated rings. The summed E-state index contributed by atoms with van der Waals surface area (Å²) in [7, 11) is 0. The van der Waals surface area contributed by atoms with E-state index in [0.29, 0.717) is 0 Å². The van der Waals surface area contributed by atoms with Crippen molar-refractivity contribution < 1.29 is 32.2 Å². The van der Waals surface area contributed by atoms with Gasteiger partial charge < -0.3 is 15.2 Å². The molecule has 1 unspecified atom stereocenters. The molecule has 4 rings (SSSR count). The molecule has 1 saturated heterocycles. The summed E-state index contributed by atoms with van der Waals surface area (Å²) in [6.07, 6.45) is -3.41. The highest BCUT2D eigenvalue weighted by Gasteiger charge is 2.33. The van der Waals surface area contributed by atoms with E-state index in [4.69, 9.17) is 0 Å². The van der Waals surface area contributed by atoms with Gasteiger partial charge in [-0.05, 0) is 82.4 Å². The third-order valence-electron chi connectivity index (χ3n) is 6.95. The Morgan fingerprint density at radius 3 is 2.39 bits per heavy atom. The standard InChI is InChI=1S/C26H29F4N3O4S/c1-15(24(2,3)36)32-21-13-16(22(34)31-25(4)9-11-38-12-10-25)5-8-19(21)33(23(32)35)20-14-17(6-7-18(20)27)37-26(28,29)30/h5-8,13-15,36H,9-12H2,1-4H3,(H,31,34). The van der Waals surface area contributed by atoms with Gasteiger partial charge in [-0.2, -0.15) is 11.8 Å². The first-order valence-corrected chi connectivity index (χ1v) is 13.2. The van der Waals surface area contributed by atoms with Crippen molar-refractivity contribution in [2.24, 2.45) is 0 Å². The van der Waals surface area contributed by atoms with Crippen molar-refractivity contribution in [3.05, 3.63) is 58.3 Å². The summed E-state index contributed by atoms with van der Waals surface area (Å²) in [6, 6.07) is 5.91. The fraction of sp³-hybridized carbons (Fsp3) is 0.462. The van der Waals surface area contributed by atoms with Crippen LogP contribution in [-0.2, 0) is 0 Å². The largest absolute Gasteiger partial charge is 0.573 e. The number of nitrogens with zero attached hydrogens (tertiary/aromatic N) is 2. The van der Waals surface area contributed by atoms with E-state index in [2.05, 4.69) is 10.1 Å². The number of rotatable bonds is 6. The number of fused-ring (bicyclic) bond motifs is 1. The number of hydrogen-bond acceptors (Lipinski definition) is 5. The van der Waals surface area contributed by atoms with Gasteiger partial charge in [0.2, 0.25) is 0 Å². The van der Waals surface area contributed by atoms with Gasteiger partial charge >= 0.3 is 12.1 Å². The molecule has 12 heteroatoms. The van der Waals surface area contributed by atoms with E-state index in [9.17, 15) is 32.3 Å². The van der Waals surface area contributed by atoms with Gasteiger partial charge in [-0.25, -0.2) is 9.18 Å². The van der Waals surface area contributed by atoms with Crippen LogP contribution in [0.25, 0.3) is 16.7 Å². The van der Waals surface area contributed by atoms with E-state index < -0.39 is 40.9 Å². The number of alkyl halides is 3. The second-order valence-electron chi connectivity index (χ2n) is 10.3. The molecule has 0 aliphatic carbocycles. The Balaban J connectivity index is 1.88. The summed E-state index contributed by atoms with van der Waals surface area (Å²) < 4.78 is 59.4. The quantitative estimate of drug-likeness (QED) is 0.410. The molecule has 0 saturated carbocycles. The molecule has 1 aliphatic heterocycles. The molecule has 2 aromatic carbocycles. The van der Waals surface area contributed by atoms with Crippen molar-refractivity contribution in [3.63, 3.8) is 0 Å². The van der Waals surface area contributed by atoms with Gasteiger partial charge in [0, 0.05) is 17.2 Å². The minimum atomic E-state index is -5.01. The average molecular weight is 556 g/mol. The van der Waals surface area contributed by atoms with Crippen LogP contribution in [0.4, 0.5) is 17.6 Å². The molecule has 2 heterocycles. The molecule has 1 atom stereocenters. The topological polar surface area (TPSA) is 85.5 Å². The predicted molar refractivity (Wildman–Crippen MR) is 138 cm³/mol. The van der Waals surface area contributed by atoms with E-state index >= 15 is 0 Å². The molecule has 0 bridgehead atoms. The van der Waals surface area contributed by atoms with Gasteiger partial charge in [0.15, 0.2) is 0 Å². The molecule has 0 radical (unpaired) electrons. The van der Waals surface area contributed by atoms with Gasteiger partial charge in [0.1, 0.15) is 11.6 Å². The van der Waals surface area contributed by atoms with Gasteiger partial charge in [-0.1, -0.05) is 0 Å². The highest BCUT2D eigenvalue weighted by molar-refractivity contribution is 7.99. The lowest BCUT2D eigenvalue weighted by molar-refractivity contribution is -0.274. The van der Waals surface area contributed by atoms with Crippen molar-refractivity contribution in [2.45, 2.75) is 64.1 Å². The summed E-state index contributed by atoms with van der Waals surface area (Å²) in [5.41, 5.74) is -2.45. The van der Waals surface area contributed by atoms with Crippen LogP contribution in [0.15, 0.2) is 41.2 Å². The number of carbonyl (C=O) groups excluding carboxylic acids is 1. The second kappa shape index (κ2) is 9.96. The Morgan fingerprint density at radius 2 is 1.79 bits per heavy atom. The first-order chi connectivity index (χ1) is 17.6. The zero-order valence-corrected chi connectivity index (χ0v) is 22.2. The number of thioether (sulfide) groups is 1. The maximum absolute atomic E-state index is 14.9. The number of halogens is 4. The van der Waals surface area contributed by atoms with Crippen LogP contribution >= 0.6 is 11.8 Å². The normalized spacial score (nSPS) is 16.9. The summed E-state index contributed by atoms with van der Waals surface area (Å²) >= 11 is 1.82. The second-order valence-corrected chi connectivity index (χ2v) is 11.5. The maximum Gasteiger partial charge on any atom is 0.573 e. The van der Waals surface area contributed by atoms with Gasteiger partial charge in [0.25, 0.3) is 5.91 Å². The highest BCUT2D eigenvalue weighted by atomic mass is 32.2. The molecule has 2 N–H and O–H groups in total. The SMILES string of the molecule is CC(n1c(=O)n(-c2cc(OC(F)(F)F)ccc2F)c2ccc(C(=O)NC3(C)CCSCC3)cc21)C(C)(C)O. The minimum absolute atomic E-state index is 0.144. The number of ether oxygens (including phenoxy) is 1. The first kappa shape index (κ1) is 28.0. The van der Waals surface area contributed by atoms with Crippen molar-refractivity contribution in [1.82, 2.24) is 14.5 Å². The Morgan fingerprint density at radius 1 is 1.13 bits per heavy atom. The van der Waals surface area contributed by atoms with Gasteiger partial charge in [0.05, 0.1) is 28.4 Å². The lowest BCUT2D eigenvalue weighted by atomic mass is 9.94. The Hall–Kier alpha value is -2.99. The molecule has 0 spiro atoms. The molecule has 1 aromatic heterocycles. The van der Waals surface area contributed by atoms with E-state index in [1.807, 2.05) is 18.7 Å². The monoisotopic (exact) mass is 555 g/mol. The summed E-state index contributed by atoms with van der Waals surface area (Å²) in [5.74, 6) is -0.169. The summed E-state index contributed by atoms with van der Waals surface area (Å²) in [6.45, 7) is 6.54. The predicted octanol–water partition coefficient (Wildman–Crippen LogP) is 5.18. The Kier molecular flexibility index (Phi) is 7.34. The van der Waals surface area contributed by atoms with Crippen LogP contribution in [0.5, 0.6) is 5.75 Å². The number of aliphatic hydroxyl groups is 1. The van der Waals surface area contributed by atoms with E-state index in [0.717, 1.165) is 47.1 Å². The molecular weight excluding hydrogens is 526 g/mol. The molecule has 38 heavy (non-hydrogen) atoms. The third kappa shape index (κ3) is 5.70. The first-order valence-electron chi connectivity index (χ1n) is 12.0. The zero-order valence-electron chi connectivity index (χ0n) is 21.4. The number of nitrogens with one attached hydrogen (secondary N) is 1. The molecule has 1 aliphatic rings. The number of amides is 1. The van der Waals surface area contributed by atoms with Gasteiger partial charge in [-0.3, -0.25) is 13.9 Å². The van der Waals surface area contributed by atoms with Crippen LogP contribution in [0.3, 0.4) is 0 Å². The van der Waals surface area contributed by atoms with Crippen LogP contribution < -0.4 is 15.7 Å². The molecule has 1 amide bonds. The van der Waals surface area contributed by atoms with Crippen molar-refractivity contribution >= 4 is 28.7 Å². The Bertz CT molecular complexity index is 1420. The van der Waals surface area contributed by atoms with Gasteiger partial charge in [-0.15, -0.1) is 13.2 Å². The molecule has 206 valence electrons. The number of imidazole rings is 1. The molecular formula is C26H29F4N3O4S. The lowest BCUT2D eigenvalue weighted by Gasteiger charge is -2.34. The maximum atomic E-state index is 14.9. The van der Waals surface area contributed by atoms with Crippen LogP contribution in [0.1, 0.15) is 56.9 Å². The minimum Gasteiger partial charge on any atom is -0.406 e. The highest BCUT2D eigenvalue weighted by Crippen LogP contribution is 2.31. The van der Waals surface area contributed by atoms with Crippen molar-refractivity contribution in [3.8, 4) is 11.4 Å². The zero-order chi connectivity index (χ0) is 28.0. The average Bonchev–Trinajstić information content (AvgIpc) is 3.09. The fourth-order valence-corrected chi connectivity index (χ4v) is 5.83. The number of carbonyl (C=O) groups is 1. The van der Waals surface area contributed by atoms with Crippen LogP contribution in [0.2, 0.25) is 0 Å². The summed E-state index contributed by atoms with van der Waals surface area (Å²) in [5, 5.41) is 13.8. The molecule has 3 aromatic rings. The fourth-order valence-electron chi connectivity index (χ4n) is 4.44. The summed E-state index contributed by atoms with van der Waals surface area (Å²) in [4.78, 5) is 26.8. The number of aromatic nitrogens is 2. The Labute approximate surface area is 220 Å². The molecule has 7 nitrogen and oxygen atoms in total. The van der Waals surface area contributed by atoms with E-state index in [1.54, 1.807) is 6.92 Å². The number of benzene rings is 2.